The van der Waals surface area contributed by atoms with Crippen molar-refractivity contribution in [2.24, 2.45) is 0 Å². The molecule has 1 N–H and O–H groups in total. The van der Waals surface area contributed by atoms with Gasteiger partial charge in [-0.05, 0) is 24.6 Å². The molecule has 104 valence electrons. The van der Waals surface area contributed by atoms with E-state index in [1.165, 1.54) is 6.07 Å². The molecule has 0 unspecified atom stereocenters. The van der Waals surface area contributed by atoms with Crippen molar-refractivity contribution in [1.29, 1.82) is 0 Å². The molecule has 5 nitrogen and oxygen atoms in total. The Morgan fingerprint density at radius 3 is 2.85 bits per heavy atom. The Hall–Kier alpha value is -1.60. The number of aliphatic carboxylic acids is 1. The summed E-state index contributed by atoms with van der Waals surface area (Å²) in [6.07, 6.45) is 1.59. The summed E-state index contributed by atoms with van der Waals surface area (Å²) in [4.78, 5) is 25.9. The Labute approximate surface area is 127 Å². The number of rotatable bonds is 4. The minimum absolute atomic E-state index is 0.149. The van der Waals surface area contributed by atoms with Crippen LogP contribution in [0.15, 0.2) is 44.9 Å². The predicted molar refractivity (Wildman–Crippen MR) is 80.6 cm³/mol. The zero-order chi connectivity index (χ0) is 14.7. The molecule has 0 aliphatic carbocycles. The van der Waals surface area contributed by atoms with Gasteiger partial charge in [0.05, 0.1) is 5.75 Å². The van der Waals surface area contributed by atoms with Crippen LogP contribution in [0.2, 0.25) is 0 Å². The van der Waals surface area contributed by atoms with E-state index in [2.05, 4.69) is 20.9 Å². The highest BCUT2D eigenvalue weighted by atomic mass is 79.9. The van der Waals surface area contributed by atoms with Crippen molar-refractivity contribution >= 4 is 33.7 Å². The molecule has 2 aromatic rings. The fraction of sp³-hybridized carbons (Fsp3) is 0.154. The second-order valence-corrected chi connectivity index (χ2v) is 5.83. The van der Waals surface area contributed by atoms with E-state index in [4.69, 9.17) is 5.11 Å². The van der Waals surface area contributed by atoms with Gasteiger partial charge in [0, 0.05) is 22.4 Å². The maximum Gasteiger partial charge on any atom is 0.313 e. The highest BCUT2D eigenvalue weighted by Gasteiger charge is 2.09. The number of aromatic nitrogens is 2. The molecule has 1 aromatic heterocycles. The maximum absolute atomic E-state index is 11.3. The number of carbonyl (C=O) groups is 1. The normalized spacial score (nSPS) is 10.5. The smallest absolute Gasteiger partial charge is 0.313 e. The summed E-state index contributed by atoms with van der Waals surface area (Å²) in [5.41, 5.74) is 1.51. The number of hydrogen-bond acceptors (Lipinski definition) is 4. The van der Waals surface area contributed by atoms with Gasteiger partial charge in [-0.15, -0.1) is 0 Å². The van der Waals surface area contributed by atoms with Crippen molar-refractivity contribution in [2.75, 3.05) is 5.75 Å². The third kappa shape index (κ3) is 3.49. The van der Waals surface area contributed by atoms with E-state index in [1.54, 1.807) is 10.8 Å². The lowest BCUT2D eigenvalue weighted by Gasteiger charge is -2.12. The number of nitrogens with zero attached hydrogens (tertiary/aromatic N) is 2. The fourth-order valence-electron chi connectivity index (χ4n) is 1.54. The first-order valence-corrected chi connectivity index (χ1v) is 7.46. The van der Waals surface area contributed by atoms with Crippen LogP contribution in [0.3, 0.4) is 0 Å². The summed E-state index contributed by atoms with van der Waals surface area (Å²) in [6.45, 7) is 1.97. The zero-order valence-electron chi connectivity index (χ0n) is 10.5. The summed E-state index contributed by atoms with van der Waals surface area (Å²) in [5.74, 6) is -1.10. The lowest BCUT2D eigenvalue weighted by molar-refractivity contribution is -0.133. The van der Waals surface area contributed by atoms with Crippen molar-refractivity contribution < 1.29 is 9.90 Å². The summed E-state index contributed by atoms with van der Waals surface area (Å²) >= 11 is 4.46. The van der Waals surface area contributed by atoms with Crippen LogP contribution in [-0.2, 0) is 4.79 Å². The van der Waals surface area contributed by atoms with E-state index in [9.17, 15) is 9.59 Å². The number of benzene rings is 1. The average Bonchev–Trinajstić information content (AvgIpc) is 2.40. The molecule has 7 heteroatoms. The minimum atomic E-state index is -0.954. The van der Waals surface area contributed by atoms with Gasteiger partial charge >= 0.3 is 5.97 Å². The first-order valence-electron chi connectivity index (χ1n) is 5.68. The maximum atomic E-state index is 11.3. The predicted octanol–water partition coefficient (Wildman–Crippen LogP) is 2.48. The molecular weight excluding hydrogens is 344 g/mol. The molecule has 1 aromatic carbocycles. The van der Waals surface area contributed by atoms with Crippen LogP contribution in [0.25, 0.3) is 5.69 Å². The van der Waals surface area contributed by atoms with E-state index < -0.39 is 5.97 Å². The van der Waals surface area contributed by atoms with Gasteiger partial charge in [-0.2, -0.15) is 4.98 Å². The topological polar surface area (TPSA) is 72.2 Å². The largest absolute Gasteiger partial charge is 0.481 e. The average molecular weight is 355 g/mol. The molecule has 0 atom stereocenters. The van der Waals surface area contributed by atoms with Crippen LogP contribution in [0, 0.1) is 6.92 Å². The zero-order valence-corrected chi connectivity index (χ0v) is 12.9. The molecule has 20 heavy (non-hydrogen) atoms. The molecule has 0 radical (unpaired) electrons. The van der Waals surface area contributed by atoms with Crippen molar-refractivity contribution in [3.63, 3.8) is 0 Å². The highest BCUT2D eigenvalue weighted by molar-refractivity contribution is 9.10. The number of thioether (sulfide) groups is 1. The molecular formula is C13H11BrN2O3S. The Bertz CT molecular complexity index is 715. The number of hydrogen-bond donors (Lipinski definition) is 1. The Kier molecular flexibility index (Phi) is 4.61. The molecule has 1 heterocycles. The van der Waals surface area contributed by atoms with Gasteiger partial charge in [-0.25, -0.2) is 0 Å². The van der Waals surface area contributed by atoms with Gasteiger partial charge in [0.2, 0.25) is 0 Å². The van der Waals surface area contributed by atoms with Crippen molar-refractivity contribution in [3.8, 4) is 5.69 Å². The SMILES string of the molecule is Cc1ccc(-n2ccc(=O)nc2SCC(=O)O)cc1Br. The van der Waals surface area contributed by atoms with Gasteiger partial charge in [0.15, 0.2) is 5.16 Å². The monoisotopic (exact) mass is 354 g/mol. The lowest BCUT2D eigenvalue weighted by Crippen LogP contribution is -2.13. The summed E-state index contributed by atoms with van der Waals surface area (Å²) in [6, 6.07) is 7.06. The van der Waals surface area contributed by atoms with E-state index in [0.717, 1.165) is 27.5 Å². The quantitative estimate of drug-likeness (QED) is 0.674. The van der Waals surface area contributed by atoms with E-state index in [-0.39, 0.29) is 11.3 Å². The van der Waals surface area contributed by atoms with Gasteiger partial charge in [0.25, 0.3) is 5.56 Å². The third-order valence-electron chi connectivity index (χ3n) is 2.54. The molecule has 0 saturated carbocycles. The standard InChI is InChI=1S/C13H11BrN2O3S/c1-8-2-3-9(6-10(8)14)16-5-4-11(17)15-13(16)20-7-12(18)19/h2-6H,7H2,1H3,(H,18,19). The molecule has 0 saturated heterocycles. The number of aryl methyl sites for hydroxylation is 1. The van der Waals surface area contributed by atoms with Crippen LogP contribution in [0.1, 0.15) is 5.56 Å². The Morgan fingerprint density at radius 2 is 2.20 bits per heavy atom. The third-order valence-corrected chi connectivity index (χ3v) is 4.33. The molecule has 0 spiro atoms. The minimum Gasteiger partial charge on any atom is -0.481 e. The van der Waals surface area contributed by atoms with Crippen LogP contribution in [-0.4, -0.2) is 26.4 Å². The van der Waals surface area contributed by atoms with Gasteiger partial charge in [-0.1, -0.05) is 33.8 Å². The van der Waals surface area contributed by atoms with E-state index in [1.807, 2.05) is 25.1 Å². The number of halogens is 1. The summed E-state index contributed by atoms with van der Waals surface area (Å²) in [5, 5.41) is 9.10. The van der Waals surface area contributed by atoms with E-state index in [0.29, 0.717) is 5.16 Å². The second-order valence-electron chi connectivity index (χ2n) is 4.03. The van der Waals surface area contributed by atoms with Gasteiger partial charge in [0.1, 0.15) is 0 Å². The number of carboxylic acid groups (broad SMARTS) is 1. The van der Waals surface area contributed by atoms with Crippen LogP contribution >= 0.6 is 27.7 Å². The molecule has 0 bridgehead atoms. The molecule has 0 aliphatic rings. The van der Waals surface area contributed by atoms with Crippen molar-refractivity contribution in [2.45, 2.75) is 12.1 Å². The molecule has 0 fully saturated rings. The van der Waals surface area contributed by atoms with Crippen molar-refractivity contribution in [3.05, 3.63) is 50.9 Å². The van der Waals surface area contributed by atoms with E-state index >= 15 is 0 Å². The Balaban J connectivity index is 2.46. The second kappa shape index (κ2) is 6.23. The number of carboxylic acids is 1. The van der Waals surface area contributed by atoms with Crippen LogP contribution < -0.4 is 5.56 Å². The summed E-state index contributed by atoms with van der Waals surface area (Å²) < 4.78 is 2.63. The van der Waals surface area contributed by atoms with Gasteiger partial charge in [-0.3, -0.25) is 14.2 Å². The van der Waals surface area contributed by atoms with Crippen molar-refractivity contribution in [1.82, 2.24) is 9.55 Å². The van der Waals surface area contributed by atoms with Crippen LogP contribution in [0.4, 0.5) is 0 Å². The Morgan fingerprint density at radius 1 is 1.45 bits per heavy atom. The molecule has 0 aliphatic heterocycles. The highest BCUT2D eigenvalue weighted by Crippen LogP contribution is 2.23. The first kappa shape index (κ1) is 14.8. The summed E-state index contributed by atoms with van der Waals surface area (Å²) in [7, 11) is 0. The van der Waals surface area contributed by atoms with Crippen LogP contribution in [0.5, 0.6) is 0 Å². The molecule has 2 rings (SSSR count). The van der Waals surface area contributed by atoms with Gasteiger partial charge < -0.3 is 5.11 Å². The fourth-order valence-corrected chi connectivity index (χ4v) is 2.62. The first-order chi connectivity index (χ1) is 9.47. The molecule has 0 amide bonds. The lowest BCUT2D eigenvalue weighted by atomic mass is 10.2.